The summed E-state index contributed by atoms with van der Waals surface area (Å²) in [7, 11) is 0. The Labute approximate surface area is 96.2 Å². The Morgan fingerprint density at radius 2 is 2.25 bits per heavy atom. The second-order valence-electron chi connectivity index (χ2n) is 4.07. The quantitative estimate of drug-likeness (QED) is 0.802. The topological polar surface area (TPSA) is 68.3 Å². The molecular formula is C12H20N2O2. The maximum Gasteiger partial charge on any atom is 0.237 e. The molecule has 1 heterocycles. The average Bonchev–Trinajstić information content (AvgIpc) is 2.65. The first-order valence-electron chi connectivity index (χ1n) is 5.67. The van der Waals surface area contributed by atoms with Crippen LogP contribution in [0.1, 0.15) is 44.3 Å². The van der Waals surface area contributed by atoms with Gasteiger partial charge in [-0.15, -0.1) is 0 Å². The van der Waals surface area contributed by atoms with Gasteiger partial charge in [-0.05, 0) is 32.4 Å². The summed E-state index contributed by atoms with van der Waals surface area (Å²) in [5.74, 6) is 1.48. The van der Waals surface area contributed by atoms with E-state index in [2.05, 4.69) is 5.32 Å². The Morgan fingerprint density at radius 1 is 1.56 bits per heavy atom. The number of hydrogen-bond donors (Lipinski definition) is 2. The van der Waals surface area contributed by atoms with Crippen molar-refractivity contribution in [1.82, 2.24) is 5.32 Å². The molecule has 0 radical (unpaired) electrons. The maximum atomic E-state index is 11.6. The van der Waals surface area contributed by atoms with E-state index in [1.54, 1.807) is 0 Å². The molecule has 90 valence electrons. The van der Waals surface area contributed by atoms with Crippen LogP contribution in [0.15, 0.2) is 16.5 Å². The van der Waals surface area contributed by atoms with Crippen LogP contribution in [-0.2, 0) is 4.79 Å². The molecule has 1 aromatic heterocycles. The van der Waals surface area contributed by atoms with Crippen LogP contribution in [0.25, 0.3) is 0 Å². The average molecular weight is 224 g/mol. The Kier molecular flexibility index (Phi) is 4.55. The highest BCUT2D eigenvalue weighted by Gasteiger charge is 2.17. The molecule has 0 aliphatic heterocycles. The molecule has 0 aliphatic rings. The first kappa shape index (κ1) is 12.8. The van der Waals surface area contributed by atoms with E-state index in [1.807, 2.05) is 32.9 Å². The number of rotatable bonds is 5. The second-order valence-corrected chi connectivity index (χ2v) is 4.07. The molecule has 0 aromatic carbocycles. The number of hydrogen-bond acceptors (Lipinski definition) is 3. The van der Waals surface area contributed by atoms with Crippen LogP contribution in [0.2, 0.25) is 0 Å². The first-order chi connectivity index (χ1) is 7.54. The van der Waals surface area contributed by atoms with E-state index in [4.69, 9.17) is 10.2 Å². The highest BCUT2D eigenvalue weighted by molar-refractivity contribution is 5.81. The van der Waals surface area contributed by atoms with Crippen LogP contribution >= 0.6 is 0 Å². The molecule has 4 nitrogen and oxygen atoms in total. The summed E-state index contributed by atoms with van der Waals surface area (Å²) in [5, 5.41) is 2.84. The molecule has 0 fully saturated rings. The molecule has 0 bridgehead atoms. The summed E-state index contributed by atoms with van der Waals surface area (Å²) >= 11 is 0. The van der Waals surface area contributed by atoms with Gasteiger partial charge in [0, 0.05) is 0 Å². The zero-order valence-corrected chi connectivity index (χ0v) is 10.1. The van der Waals surface area contributed by atoms with E-state index < -0.39 is 6.04 Å². The van der Waals surface area contributed by atoms with Gasteiger partial charge in [0.2, 0.25) is 5.91 Å². The van der Waals surface area contributed by atoms with Crippen LogP contribution in [-0.4, -0.2) is 11.9 Å². The summed E-state index contributed by atoms with van der Waals surface area (Å²) in [5.41, 5.74) is 5.72. The summed E-state index contributed by atoms with van der Waals surface area (Å²) in [6.45, 7) is 5.77. The van der Waals surface area contributed by atoms with Crippen LogP contribution in [0, 0.1) is 6.92 Å². The smallest absolute Gasteiger partial charge is 0.237 e. The number of aryl methyl sites for hydroxylation is 1. The number of furan rings is 1. The fourth-order valence-electron chi connectivity index (χ4n) is 1.52. The summed E-state index contributed by atoms with van der Waals surface area (Å²) in [6, 6.07) is 3.18. The molecule has 16 heavy (non-hydrogen) atoms. The van der Waals surface area contributed by atoms with Crippen molar-refractivity contribution in [2.45, 2.75) is 45.7 Å². The molecule has 0 aliphatic carbocycles. The maximum absolute atomic E-state index is 11.6. The molecule has 1 unspecified atom stereocenters. The van der Waals surface area contributed by atoms with Crippen LogP contribution in [0.3, 0.4) is 0 Å². The molecular weight excluding hydrogens is 204 g/mol. The van der Waals surface area contributed by atoms with Gasteiger partial charge in [0.25, 0.3) is 0 Å². The predicted molar refractivity (Wildman–Crippen MR) is 62.9 cm³/mol. The third kappa shape index (κ3) is 3.38. The highest BCUT2D eigenvalue weighted by atomic mass is 16.3. The van der Waals surface area contributed by atoms with Crippen molar-refractivity contribution in [3.05, 3.63) is 23.7 Å². The fraction of sp³-hybridized carbons (Fsp3) is 0.583. The highest BCUT2D eigenvalue weighted by Crippen LogP contribution is 2.15. The minimum Gasteiger partial charge on any atom is -0.464 e. The van der Waals surface area contributed by atoms with E-state index in [0.29, 0.717) is 6.42 Å². The molecule has 0 saturated heterocycles. The van der Waals surface area contributed by atoms with Crippen molar-refractivity contribution in [1.29, 1.82) is 0 Å². The molecule has 1 amide bonds. The zero-order valence-electron chi connectivity index (χ0n) is 10.1. The number of nitrogens with two attached hydrogens (primary N) is 1. The molecule has 1 aromatic rings. The minimum absolute atomic E-state index is 0.122. The molecule has 0 saturated carbocycles. The summed E-state index contributed by atoms with van der Waals surface area (Å²) < 4.78 is 5.43. The lowest BCUT2D eigenvalue weighted by molar-refractivity contribution is -0.123. The van der Waals surface area contributed by atoms with Gasteiger partial charge in [-0.1, -0.05) is 13.3 Å². The predicted octanol–water partition coefficient (Wildman–Crippen LogP) is 1.89. The van der Waals surface area contributed by atoms with Crippen molar-refractivity contribution >= 4 is 5.91 Å². The lowest BCUT2D eigenvalue weighted by Gasteiger charge is -2.15. The van der Waals surface area contributed by atoms with E-state index in [9.17, 15) is 4.79 Å². The van der Waals surface area contributed by atoms with Gasteiger partial charge in [0.05, 0.1) is 12.1 Å². The fourth-order valence-corrected chi connectivity index (χ4v) is 1.52. The second kappa shape index (κ2) is 5.70. The minimum atomic E-state index is -0.427. The van der Waals surface area contributed by atoms with Crippen molar-refractivity contribution in [3.63, 3.8) is 0 Å². The van der Waals surface area contributed by atoms with Gasteiger partial charge in [0.15, 0.2) is 0 Å². The molecule has 1 rings (SSSR count). The lowest BCUT2D eigenvalue weighted by atomic mass is 10.1. The Bertz CT molecular complexity index is 347. The van der Waals surface area contributed by atoms with E-state index >= 15 is 0 Å². The summed E-state index contributed by atoms with van der Waals surface area (Å²) in [6.07, 6.45) is 1.61. The van der Waals surface area contributed by atoms with E-state index in [1.165, 1.54) is 0 Å². The Hall–Kier alpha value is -1.29. The van der Waals surface area contributed by atoms with Gasteiger partial charge in [-0.25, -0.2) is 0 Å². The van der Waals surface area contributed by atoms with Gasteiger partial charge < -0.3 is 15.5 Å². The van der Waals surface area contributed by atoms with Crippen molar-refractivity contribution in [2.24, 2.45) is 5.73 Å². The largest absolute Gasteiger partial charge is 0.464 e. The Balaban J connectivity index is 2.51. The molecule has 3 N–H and O–H groups in total. The normalized spacial score (nSPS) is 14.5. The first-order valence-corrected chi connectivity index (χ1v) is 5.67. The standard InChI is InChI=1S/C12H20N2O2/c1-4-5-10(13)12(15)14-9(3)11-7-6-8(2)16-11/h6-7,9-10H,4-5,13H2,1-3H3,(H,14,15)/t9?,10-/m1/s1. The third-order valence-corrected chi connectivity index (χ3v) is 2.48. The van der Waals surface area contributed by atoms with Crippen molar-refractivity contribution in [2.75, 3.05) is 0 Å². The lowest BCUT2D eigenvalue weighted by Crippen LogP contribution is -2.41. The molecule has 4 heteroatoms. The number of nitrogens with one attached hydrogen (secondary N) is 1. The van der Waals surface area contributed by atoms with Gasteiger partial charge >= 0.3 is 0 Å². The Morgan fingerprint density at radius 3 is 2.75 bits per heavy atom. The zero-order chi connectivity index (χ0) is 12.1. The van der Waals surface area contributed by atoms with Gasteiger partial charge in [-0.2, -0.15) is 0 Å². The van der Waals surface area contributed by atoms with Gasteiger partial charge in [0.1, 0.15) is 11.5 Å². The van der Waals surface area contributed by atoms with Crippen LogP contribution < -0.4 is 11.1 Å². The van der Waals surface area contributed by atoms with Crippen molar-refractivity contribution in [3.8, 4) is 0 Å². The van der Waals surface area contributed by atoms with Gasteiger partial charge in [-0.3, -0.25) is 4.79 Å². The summed E-state index contributed by atoms with van der Waals surface area (Å²) in [4.78, 5) is 11.6. The van der Waals surface area contributed by atoms with E-state index in [0.717, 1.165) is 17.9 Å². The van der Waals surface area contributed by atoms with Crippen LogP contribution in [0.5, 0.6) is 0 Å². The molecule has 2 atom stereocenters. The molecule has 0 spiro atoms. The van der Waals surface area contributed by atoms with Crippen molar-refractivity contribution < 1.29 is 9.21 Å². The number of carbonyl (C=O) groups is 1. The third-order valence-electron chi connectivity index (χ3n) is 2.48. The number of carbonyl (C=O) groups excluding carboxylic acids is 1. The van der Waals surface area contributed by atoms with E-state index in [-0.39, 0.29) is 11.9 Å². The van der Waals surface area contributed by atoms with Crippen LogP contribution in [0.4, 0.5) is 0 Å². The monoisotopic (exact) mass is 224 g/mol. The number of amides is 1. The SMILES string of the molecule is CCC[C@@H](N)C(=O)NC(C)c1ccc(C)o1.